The Morgan fingerprint density at radius 2 is 1.86 bits per heavy atom. The number of hydrogen-bond donors (Lipinski definition) is 1. The summed E-state index contributed by atoms with van der Waals surface area (Å²) in [5.74, 6) is 0.576. The Hall–Kier alpha value is -0.770. The lowest BCUT2D eigenvalue weighted by atomic mass is 10.1. The second-order valence-corrected chi connectivity index (χ2v) is 7.55. The molecule has 4 heteroatoms. The number of ether oxygens (including phenoxy) is 1. The number of likely N-dealkylation sites (tertiary alicyclic amines) is 1. The zero-order valence-corrected chi connectivity index (χ0v) is 15.1. The summed E-state index contributed by atoms with van der Waals surface area (Å²) < 4.78 is 5.43. The lowest BCUT2D eigenvalue weighted by Gasteiger charge is -2.24. The molecular weight excluding hydrogens is 276 g/mol. The molecule has 22 heavy (non-hydrogen) atoms. The third-order valence-electron chi connectivity index (χ3n) is 4.08. The molecule has 1 unspecified atom stereocenters. The van der Waals surface area contributed by atoms with Gasteiger partial charge in [0, 0.05) is 13.1 Å². The van der Waals surface area contributed by atoms with Gasteiger partial charge in [-0.2, -0.15) is 0 Å². The summed E-state index contributed by atoms with van der Waals surface area (Å²) in [4.78, 5) is 13.8. The van der Waals surface area contributed by atoms with Gasteiger partial charge in [-0.3, -0.25) is 0 Å². The predicted octanol–water partition coefficient (Wildman–Crippen LogP) is 4.19. The molecule has 1 N–H and O–H groups in total. The minimum absolute atomic E-state index is 0.161. The van der Waals surface area contributed by atoms with Crippen LogP contribution in [0.3, 0.4) is 0 Å². The molecule has 4 nitrogen and oxygen atoms in total. The fourth-order valence-corrected chi connectivity index (χ4v) is 2.83. The molecule has 1 aliphatic heterocycles. The summed E-state index contributed by atoms with van der Waals surface area (Å²) in [5, 5.41) is 3.55. The van der Waals surface area contributed by atoms with Crippen LogP contribution >= 0.6 is 0 Å². The molecule has 0 radical (unpaired) electrons. The van der Waals surface area contributed by atoms with Crippen molar-refractivity contribution in [2.45, 2.75) is 78.2 Å². The van der Waals surface area contributed by atoms with E-state index in [1.165, 1.54) is 38.5 Å². The van der Waals surface area contributed by atoms with Crippen molar-refractivity contribution in [2.75, 3.05) is 26.2 Å². The van der Waals surface area contributed by atoms with E-state index < -0.39 is 5.60 Å². The van der Waals surface area contributed by atoms with Crippen molar-refractivity contribution < 1.29 is 9.53 Å². The van der Waals surface area contributed by atoms with E-state index in [2.05, 4.69) is 12.2 Å². The van der Waals surface area contributed by atoms with Gasteiger partial charge >= 0.3 is 6.09 Å². The first-order valence-corrected chi connectivity index (χ1v) is 9.11. The molecule has 0 aromatic heterocycles. The summed E-state index contributed by atoms with van der Waals surface area (Å²) in [5.41, 5.74) is -0.398. The van der Waals surface area contributed by atoms with Crippen molar-refractivity contribution in [3.8, 4) is 0 Å². The van der Waals surface area contributed by atoms with E-state index >= 15 is 0 Å². The third kappa shape index (κ3) is 8.62. The molecule has 1 atom stereocenters. The summed E-state index contributed by atoms with van der Waals surface area (Å²) >= 11 is 0. The third-order valence-corrected chi connectivity index (χ3v) is 4.08. The van der Waals surface area contributed by atoms with E-state index in [1.54, 1.807) is 0 Å². The summed E-state index contributed by atoms with van der Waals surface area (Å²) in [6.45, 7) is 11.8. The Morgan fingerprint density at radius 1 is 1.18 bits per heavy atom. The Bertz CT molecular complexity index is 313. The average molecular weight is 312 g/mol. The minimum atomic E-state index is -0.398. The molecule has 0 aromatic rings. The zero-order chi connectivity index (χ0) is 16.4. The van der Waals surface area contributed by atoms with Crippen LogP contribution in [0.25, 0.3) is 0 Å². The van der Waals surface area contributed by atoms with Crippen LogP contribution < -0.4 is 5.32 Å². The van der Waals surface area contributed by atoms with Crippen LogP contribution in [-0.4, -0.2) is 42.8 Å². The molecule has 130 valence electrons. The maximum atomic E-state index is 12.0. The molecule has 1 saturated heterocycles. The first-order chi connectivity index (χ1) is 10.4. The largest absolute Gasteiger partial charge is 0.444 e. The lowest BCUT2D eigenvalue weighted by Crippen LogP contribution is -2.36. The van der Waals surface area contributed by atoms with Crippen LogP contribution in [0.5, 0.6) is 0 Å². The number of hydrogen-bond acceptors (Lipinski definition) is 3. The lowest BCUT2D eigenvalue weighted by molar-refractivity contribution is 0.0288. The van der Waals surface area contributed by atoms with E-state index in [-0.39, 0.29) is 6.09 Å². The monoisotopic (exact) mass is 312 g/mol. The maximum Gasteiger partial charge on any atom is 0.410 e. The Balaban J connectivity index is 2.03. The second-order valence-electron chi connectivity index (χ2n) is 7.55. The summed E-state index contributed by atoms with van der Waals surface area (Å²) in [7, 11) is 0. The molecule has 1 aliphatic rings. The van der Waals surface area contributed by atoms with Crippen LogP contribution in [0.15, 0.2) is 0 Å². The maximum absolute atomic E-state index is 12.0. The normalized spacial score (nSPS) is 18.7. The molecular formula is C18H36N2O2. The van der Waals surface area contributed by atoms with Gasteiger partial charge in [-0.05, 0) is 52.6 Å². The summed E-state index contributed by atoms with van der Waals surface area (Å²) in [6.07, 6.45) is 8.96. The molecule has 0 bridgehead atoms. The van der Waals surface area contributed by atoms with Gasteiger partial charge in [0.25, 0.3) is 0 Å². The van der Waals surface area contributed by atoms with Gasteiger partial charge in [0.2, 0.25) is 0 Å². The van der Waals surface area contributed by atoms with E-state index in [1.807, 2.05) is 25.7 Å². The predicted molar refractivity (Wildman–Crippen MR) is 92.2 cm³/mol. The topological polar surface area (TPSA) is 41.6 Å². The van der Waals surface area contributed by atoms with E-state index in [4.69, 9.17) is 4.74 Å². The number of unbranched alkanes of at least 4 members (excludes halogenated alkanes) is 5. The Kier molecular flexibility index (Phi) is 8.84. The van der Waals surface area contributed by atoms with Gasteiger partial charge in [-0.15, -0.1) is 0 Å². The van der Waals surface area contributed by atoms with Crippen LogP contribution in [-0.2, 0) is 4.74 Å². The zero-order valence-electron chi connectivity index (χ0n) is 15.1. The Labute approximate surface area is 137 Å². The molecule has 0 aliphatic carbocycles. The van der Waals surface area contributed by atoms with Gasteiger partial charge in [0.15, 0.2) is 0 Å². The fourth-order valence-electron chi connectivity index (χ4n) is 2.83. The van der Waals surface area contributed by atoms with Gasteiger partial charge < -0.3 is 15.0 Å². The smallest absolute Gasteiger partial charge is 0.410 e. The van der Waals surface area contributed by atoms with Crippen LogP contribution in [0.4, 0.5) is 4.79 Å². The average Bonchev–Trinajstić information content (AvgIpc) is 2.89. The highest BCUT2D eigenvalue weighted by atomic mass is 16.6. The van der Waals surface area contributed by atoms with Crippen molar-refractivity contribution >= 4 is 6.09 Å². The molecule has 1 fully saturated rings. The fraction of sp³-hybridized carbons (Fsp3) is 0.944. The van der Waals surface area contributed by atoms with Crippen LogP contribution in [0, 0.1) is 5.92 Å². The minimum Gasteiger partial charge on any atom is -0.444 e. The highest BCUT2D eigenvalue weighted by Gasteiger charge is 2.29. The number of nitrogens with zero attached hydrogens (tertiary/aromatic N) is 1. The highest BCUT2D eigenvalue weighted by molar-refractivity contribution is 5.68. The highest BCUT2D eigenvalue weighted by Crippen LogP contribution is 2.18. The van der Waals surface area contributed by atoms with Crippen molar-refractivity contribution in [3.05, 3.63) is 0 Å². The Morgan fingerprint density at radius 3 is 2.55 bits per heavy atom. The number of rotatable bonds is 9. The van der Waals surface area contributed by atoms with Crippen molar-refractivity contribution in [2.24, 2.45) is 5.92 Å². The standard InChI is InChI=1S/C18H36N2O2/c1-5-6-7-8-9-10-12-19-14-16-11-13-20(15-16)17(21)22-18(2,3)4/h16,19H,5-15H2,1-4H3. The van der Waals surface area contributed by atoms with Crippen molar-refractivity contribution in [1.29, 1.82) is 0 Å². The first kappa shape index (κ1) is 19.3. The van der Waals surface area contributed by atoms with Crippen molar-refractivity contribution in [1.82, 2.24) is 10.2 Å². The van der Waals surface area contributed by atoms with Gasteiger partial charge in [-0.1, -0.05) is 39.0 Å². The van der Waals surface area contributed by atoms with E-state index in [0.717, 1.165) is 32.6 Å². The number of nitrogens with one attached hydrogen (secondary N) is 1. The molecule has 1 amide bonds. The van der Waals surface area contributed by atoms with E-state index in [9.17, 15) is 4.79 Å². The first-order valence-electron chi connectivity index (χ1n) is 9.11. The number of carbonyl (C=O) groups excluding carboxylic acids is 1. The van der Waals surface area contributed by atoms with E-state index in [0.29, 0.717) is 5.92 Å². The number of amides is 1. The molecule has 1 heterocycles. The summed E-state index contributed by atoms with van der Waals surface area (Å²) in [6, 6.07) is 0. The SMILES string of the molecule is CCCCCCCCNCC1CCN(C(=O)OC(C)(C)C)C1. The van der Waals surface area contributed by atoms with Crippen molar-refractivity contribution in [3.63, 3.8) is 0 Å². The van der Waals surface area contributed by atoms with Gasteiger partial charge in [-0.25, -0.2) is 4.79 Å². The molecule has 0 saturated carbocycles. The molecule has 0 spiro atoms. The number of carbonyl (C=O) groups is 1. The van der Waals surface area contributed by atoms with Gasteiger partial charge in [0.1, 0.15) is 5.60 Å². The van der Waals surface area contributed by atoms with Gasteiger partial charge in [0.05, 0.1) is 0 Å². The second kappa shape index (κ2) is 10.1. The molecule has 0 aromatic carbocycles. The quantitative estimate of drug-likeness (QED) is 0.649. The van der Waals surface area contributed by atoms with Crippen LogP contribution in [0.1, 0.15) is 72.6 Å². The van der Waals surface area contributed by atoms with Crippen LogP contribution in [0.2, 0.25) is 0 Å². The molecule has 1 rings (SSSR count).